The molecule has 0 bridgehead atoms. The van der Waals surface area contributed by atoms with Crippen molar-refractivity contribution in [2.24, 2.45) is 0 Å². The highest BCUT2D eigenvalue weighted by atomic mass is 32.1. The molecule has 27 heavy (non-hydrogen) atoms. The molecule has 0 unspecified atom stereocenters. The zero-order valence-corrected chi connectivity index (χ0v) is 16.5. The van der Waals surface area contributed by atoms with Crippen molar-refractivity contribution in [3.05, 3.63) is 34.5 Å². The van der Waals surface area contributed by atoms with E-state index in [2.05, 4.69) is 39.2 Å². The van der Waals surface area contributed by atoms with Crippen LogP contribution in [-0.4, -0.2) is 44.4 Å². The molecule has 0 radical (unpaired) electrons. The second kappa shape index (κ2) is 6.58. The minimum Gasteiger partial charge on any atom is -0.493 e. The number of tetrazole rings is 1. The minimum atomic E-state index is 0.477. The van der Waals surface area contributed by atoms with Crippen LogP contribution in [0.5, 0.6) is 11.5 Å². The monoisotopic (exact) mass is 382 g/mol. The second-order valence-electron chi connectivity index (χ2n) is 6.03. The molecule has 0 aliphatic carbocycles. The van der Waals surface area contributed by atoms with Crippen LogP contribution in [0.2, 0.25) is 0 Å². The first-order chi connectivity index (χ1) is 13.0. The first-order valence-electron chi connectivity index (χ1n) is 8.29. The van der Waals surface area contributed by atoms with E-state index >= 15 is 0 Å². The van der Waals surface area contributed by atoms with Gasteiger partial charge < -0.3 is 9.47 Å². The predicted molar refractivity (Wildman–Crippen MR) is 103 cm³/mol. The van der Waals surface area contributed by atoms with E-state index in [1.54, 1.807) is 25.6 Å². The number of nitrogens with zero attached hydrogens (tertiary/aromatic N) is 6. The summed E-state index contributed by atoms with van der Waals surface area (Å²) in [4.78, 5) is 12.7. The number of aromatic nitrogens is 6. The molecular formula is C18H18N6O2S. The lowest BCUT2D eigenvalue weighted by molar-refractivity contribution is 0.355. The van der Waals surface area contributed by atoms with Gasteiger partial charge in [0.05, 0.1) is 19.6 Å². The van der Waals surface area contributed by atoms with E-state index in [1.165, 1.54) is 9.67 Å². The van der Waals surface area contributed by atoms with Gasteiger partial charge in [0, 0.05) is 10.4 Å². The largest absolute Gasteiger partial charge is 0.493 e. The van der Waals surface area contributed by atoms with Gasteiger partial charge in [-0.3, -0.25) is 0 Å². The Hall–Kier alpha value is -3.07. The summed E-state index contributed by atoms with van der Waals surface area (Å²) < 4.78 is 10.6. The van der Waals surface area contributed by atoms with Crippen LogP contribution in [0.25, 0.3) is 27.4 Å². The molecule has 4 rings (SSSR count). The number of ether oxygens (including phenoxy) is 2. The highest BCUT2D eigenvalue weighted by molar-refractivity contribution is 7.18. The van der Waals surface area contributed by atoms with Crippen molar-refractivity contribution in [3.8, 4) is 28.7 Å². The highest BCUT2D eigenvalue weighted by Crippen LogP contribution is 2.33. The van der Waals surface area contributed by atoms with Crippen LogP contribution < -0.4 is 9.47 Å². The van der Waals surface area contributed by atoms with Crippen LogP contribution in [0.3, 0.4) is 0 Å². The van der Waals surface area contributed by atoms with Gasteiger partial charge in [-0.15, -0.1) is 26.3 Å². The van der Waals surface area contributed by atoms with Crippen LogP contribution in [0.1, 0.15) is 16.3 Å². The summed E-state index contributed by atoms with van der Waals surface area (Å²) >= 11 is 1.64. The van der Waals surface area contributed by atoms with Gasteiger partial charge in [-0.25, -0.2) is 9.97 Å². The van der Waals surface area contributed by atoms with Gasteiger partial charge in [0.2, 0.25) is 5.82 Å². The van der Waals surface area contributed by atoms with Gasteiger partial charge in [-0.05, 0) is 49.7 Å². The number of aryl methyl sites for hydroxylation is 3. The number of methoxy groups -OCH3 is 2. The summed E-state index contributed by atoms with van der Waals surface area (Å²) in [5.41, 5.74) is 1.91. The zero-order valence-electron chi connectivity index (χ0n) is 15.6. The van der Waals surface area contributed by atoms with E-state index in [4.69, 9.17) is 9.47 Å². The van der Waals surface area contributed by atoms with E-state index in [1.807, 2.05) is 25.1 Å². The molecule has 0 spiro atoms. The Morgan fingerprint density at radius 2 is 1.78 bits per heavy atom. The third-order valence-electron chi connectivity index (χ3n) is 4.37. The molecule has 0 N–H and O–H groups in total. The molecule has 8 nitrogen and oxygen atoms in total. The van der Waals surface area contributed by atoms with Crippen LogP contribution in [0, 0.1) is 20.8 Å². The predicted octanol–water partition coefficient (Wildman–Crippen LogP) is 3.28. The fourth-order valence-electron chi connectivity index (χ4n) is 2.87. The van der Waals surface area contributed by atoms with Crippen molar-refractivity contribution >= 4 is 21.6 Å². The van der Waals surface area contributed by atoms with Gasteiger partial charge in [0.25, 0.3) is 0 Å². The first kappa shape index (κ1) is 17.3. The summed E-state index contributed by atoms with van der Waals surface area (Å²) in [6.07, 6.45) is 0. The van der Waals surface area contributed by atoms with Gasteiger partial charge in [0.1, 0.15) is 10.7 Å². The molecule has 0 amide bonds. The lowest BCUT2D eigenvalue weighted by atomic mass is 10.2. The maximum Gasteiger partial charge on any atom is 0.205 e. The molecule has 138 valence electrons. The van der Waals surface area contributed by atoms with E-state index in [-0.39, 0.29) is 0 Å². The number of hydrogen-bond donors (Lipinski definition) is 0. The maximum atomic E-state index is 5.35. The molecule has 1 aromatic carbocycles. The van der Waals surface area contributed by atoms with Crippen molar-refractivity contribution < 1.29 is 9.47 Å². The molecule has 4 aromatic rings. The molecule has 0 saturated heterocycles. The standard InChI is InChI=1S/C18H18N6O2S/c1-9-10(2)27-18-15(9)17(19-11(3)20-18)24-22-16(21-23-24)12-6-7-13(25-4)14(8-12)26-5/h6-8H,1-5H3. The first-order valence-corrected chi connectivity index (χ1v) is 9.10. The number of fused-ring (bicyclic) bond motifs is 1. The van der Waals surface area contributed by atoms with E-state index < -0.39 is 0 Å². The quantitative estimate of drug-likeness (QED) is 0.535. The van der Waals surface area contributed by atoms with Crippen LogP contribution in [0.15, 0.2) is 18.2 Å². The summed E-state index contributed by atoms with van der Waals surface area (Å²) in [5.74, 6) is 3.04. The fourth-order valence-corrected chi connectivity index (χ4v) is 3.94. The van der Waals surface area contributed by atoms with Crippen molar-refractivity contribution in [3.63, 3.8) is 0 Å². The second-order valence-corrected chi connectivity index (χ2v) is 7.23. The molecule has 0 aliphatic heterocycles. The smallest absolute Gasteiger partial charge is 0.205 e. The fraction of sp³-hybridized carbons (Fsp3) is 0.278. The van der Waals surface area contributed by atoms with Gasteiger partial charge >= 0.3 is 0 Å². The molecular weight excluding hydrogens is 364 g/mol. The molecule has 3 aromatic heterocycles. The molecule has 3 heterocycles. The van der Waals surface area contributed by atoms with Crippen molar-refractivity contribution in [2.45, 2.75) is 20.8 Å². The average molecular weight is 382 g/mol. The van der Waals surface area contributed by atoms with Crippen LogP contribution >= 0.6 is 11.3 Å². The molecule has 0 aliphatic rings. The molecule has 0 saturated carbocycles. The molecule has 0 atom stereocenters. The van der Waals surface area contributed by atoms with Gasteiger partial charge in [-0.1, -0.05) is 0 Å². The normalized spacial score (nSPS) is 11.1. The topological polar surface area (TPSA) is 87.8 Å². The summed E-state index contributed by atoms with van der Waals surface area (Å²) in [5, 5.41) is 13.9. The average Bonchev–Trinajstić information content (AvgIpc) is 3.26. The van der Waals surface area contributed by atoms with Crippen LogP contribution in [0.4, 0.5) is 0 Å². The zero-order chi connectivity index (χ0) is 19.1. The lowest BCUT2D eigenvalue weighted by Gasteiger charge is -2.07. The molecule has 0 fully saturated rings. The molecule has 9 heteroatoms. The maximum absolute atomic E-state index is 5.35. The van der Waals surface area contributed by atoms with E-state index in [9.17, 15) is 0 Å². The summed E-state index contributed by atoms with van der Waals surface area (Å²) in [6.45, 7) is 5.99. The summed E-state index contributed by atoms with van der Waals surface area (Å²) in [7, 11) is 3.19. The van der Waals surface area contributed by atoms with Gasteiger partial charge in [0.15, 0.2) is 17.3 Å². The number of hydrogen-bond acceptors (Lipinski definition) is 8. The number of benzene rings is 1. The van der Waals surface area contributed by atoms with Crippen molar-refractivity contribution in [1.82, 2.24) is 30.2 Å². The highest BCUT2D eigenvalue weighted by Gasteiger charge is 2.18. The Morgan fingerprint density at radius 1 is 1.00 bits per heavy atom. The number of thiophene rings is 1. The third-order valence-corrected chi connectivity index (χ3v) is 5.47. The summed E-state index contributed by atoms with van der Waals surface area (Å²) in [6, 6.07) is 5.50. The Kier molecular flexibility index (Phi) is 4.23. The minimum absolute atomic E-state index is 0.477. The SMILES string of the molecule is COc1ccc(-c2nnn(-c3nc(C)nc4sc(C)c(C)c34)n2)cc1OC. The Balaban J connectivity index is 1.83. The van der Waals surface area contributed by atoms with Crippen molar-refractivity contribution in [1.29, 1.82) is 0 Å². The van der Waals surface area contributed by atoms with E-state index in [0.29, 0.717) is 29.0 Å². The lowest BCUT2D eigenvalue weighted by Crippen LogP contribution is -2.05. The van der Waals surface area contributed by atoms with Crippen molar-refractivity contribution in [2.75, 3.05) is 14.2 Å². The Bertz CT molecular complexity index is 1150. The van der Waals surface area contributed by atoms with Gasteiger partial charge in [-0.2, -0.15) is 0 Å². The van der Waals surface area contributed by atoms with Crippen LogP contribution in [-0.2, 0) is 0 Å². The number of rotatable bonds is 4. The third kappa shape index (κ3) is 2.89. The Morgan fingerprint density at radius 3 is 2.52 bits per heavy atom. The Labute approximate surface area is 159 Å². The van der Waals surface area contributed by atoms with E-state index in [0.717, 1.165) is 21.3 Å².